The number of esters is 2. The van der Waals surface area contributed by atoms with Gasteiger partial charge in [-0.15, -0.1) is 0 Å². The van der Waals surface area contributed by atoms with Gasteiger partial charge < -0.3 is 14.8 Å². The predicted molar refractivity (Wildman–Crippen MR) is 145 cm³/mol. The molecule has 0 bridgehead atoms. The minimum absolute atomic E-state index is 0.0796. The lowest BCUT2D eigenvalue weighted by Gasteiger charge is -2.38. The number of hydrogen-bond donors (Lipinski definition) is 2. The summed E-state index contributed by atoms with van der Waals surface area (Å²) in [5, 5.41) is 6.36. The van der Waals surface area contributed by atoms with Crippen LogP contribution in [0.15, 0.2) is 84.9 Å². The molecular weight excluding hydrogens is 480 g/mol. The Kier molecular flexibility index (Phi) is 7.69. The maximum absolute atomic E-state index is 13.9. The Balaban J connectivity index is 1.95. The summed E-state index contributed by atoms with van der Waals surface area (Å²) in [6, 6.07) is 23.9. The van der Waals surface area contributed by atoms with E-state index in [1.54, 1.807) is 24.3 Å². The Bertz CT molecular complexity index is 1290. The van der Waals surface area contributed by atoms with Gasteiger partial charge in [0.05, 0.1) is 20.3 Å². The van der Waals surface area contributed by atoms with E-state index in [1.165, 1.54) is 14.2 Å². The van der Waals surface area contributed by atoms with Crippen molar-refractivity contribution in [2.24, 2.45) is 0 Å². The lowest BCUT2D eigenvalue weighted by atomic mass is 9.72. The van der Waals surface area contributed by atoms with Crippen LogP contribution in [0, 0.1) is 0 Å². The monoisotopic (exact) mass is 514 g/mol. The molecule has 1 aliphatic rings. The third kappa shape index (κ3) is 4.94. The summed E-state index contributed by atoms with van der Waals surface area (Å²) in [6.07, 6.45) is 0. The van der Waals surface area contributed by atoms with Crippen molar-refractivity contribution in [1.82, 2.24) is 10.6 Å². The largest absolute Gasteiger partial charge is 0.468 e. The second-order valence-corrected chi connectivity index (χ2v) is 10.5. The number of methoxy groups -OCH3 is 2. The van der Waals surface area contributed by atoms with Crippen LogP contribution >= 0.6 is 0 Å². The van der Waals surface area contributed by atoms with Crippen LogP contribution in [-0.4, -0.2) is 43.6 Å². The minimum Gasteiger partial charge on any atom is -0.468 e. The number of benzene rings is 3. The van der Waals surface area contributed by atoms with Gasteiger partial charge in [-0.2, -0.15) is 0 Å². The predicted octanol–water partition coefficient (Wildman–Crippen LogP) is 4.30. The molecule has 198 valence electrons. The lowest BCUT2D eigenvalue weighted by Crippen LogP contribution is -2.61. The molecule has 0 radical (unpaired) electrons. The number of nitrogens with one attached hydrogen (secondary N) is 2. The zero-order valence-electron chi connectivity index (χ0n) is 22.4. The van der Waals surface area contributed by atoms with Crippen molar-refractivity contribution in [3.63, 3.8) is 0 Å². The zero-order chi connectivity index (χ0) is 27.5. The number of rotatable bonds is 6. The topological polar surface area (TPSA) is 93.7 Å². The van der Waals surface area contributed by atoms with Crippen molar-refractivity contribution in [2.75, 3.05) is 14.2 Å². The smallest absolute Gasteiger partial charge is 0.334 e. The maximum atomic E-state index is 13.9. The number of ether oxygens (including phenoxy) is 2. The summed E-state index contributed by atoms with van der Waals surface area (Å²) in [6.45, 7) is 6.36. The molecule has 0 spiro atoms. The minimum atomic E-state index is -1.68. The van der Waals surface area contributed by atoms with Crippen molar-refractivity contribution in [3.05, 3.63) is 107 Å². The van der Waals surface area contributed by atoms with Gasteiger partial charge in [0.25, 0.3) is 5.91 Å². The summed E-state index contributed by atoms with van der Waals surface area (Å²) < 4.78 is 10.5. The van der Waals surface area contributed by atoms with Gasteiger partial charge in [0.15, 0.2) is 5.54 Å². The van der Waals surface area contributed by atoms with E-state index < -0.39 is 41.4 Å². The van der Waals surface area contributed by atoms with Crippen LogP contribution in [0.1, 0.15) is 59.8 Å². The summed E-state index contributed by atoms with van der Waals surface area (Å²) in [4.78, 5) is 40.7. The first-order chi connectivity index (χ1) is 18.1. The Hall–Kier alpha value is -3.97. The maximum Gasteiger partial charge on any atom is 0.334 e. The molecular formula is C31H34N2O5. The standard InChI is InChI=1S/C31H34N2O5/c1-30(2,3)23-18-16-21(17-19-23)26-31(29(36)38-5,33-27(34)22-14-10-7-11-15-22)24(20-12-8-6-9-13-20)25(32-26)28(35)37-4/h6-19,24-26,32H,1-5H3,(H,33,34). The molecule has 1 aliphatic heterocycles. The molecule has 1 fully saturated rings. The van der Waals surface area contributed by atoms with Gasteiger partial charge >= 0.3 is 11.9 Å². The SMILES string of the molecule is COC(=O)C1NC(c2ccc(C(C)(C)C)cc2)C(NC(=O)c2ccccc2)(C(=O)OC)C1c1ccccc1. The first kappa shape index (κ1) is 27.1. The van der Waals surface area contributed by atoms with Crippen LogP contribution in [0.2, 0.25) is 0 Å². The highest BCUT2D eigenvalue weighted by molar-refractivity contribution is 6.00. The highest BCUT2D eigenvalue weighted by atomic mass is 16.5. The van der Waals surface area contributed by atoms with Gasteiger partial charge in [0.2, 0.25) is 0 Å². The molecule has 4 unspecified atom stereocenters. The number of carbonyl (C=O) groups is 3. The highest BCUT2D eigenvalue weighted by Crippen LogP contribution is 2.48. The Labute approximate surface area is 223 Å². The van der Waals surface area contributed by atoms with Gasteiger partial charge in [0.1, 0.15) is 6.04 Å². The van der Waals surface area contributed by atoms with E-state index in [4.69, 9.17) is 9.47 Å². The molecule has 0 saturated carbocycles. The summed E-state index contributed by atoms with van der Waals surface area (Å²) >= 11 is 0. The zero-order valence-corrected chi connectivity index (χ0v) is 22.4. The van der Waals surface area contributed by atoms with Crippen LogP contribution in [0.5, 0.6) is 0 Å². The second-order valence-electron chi connectivity index (χ2n) is 10.5. The van der Waals surface area contributed by atoms with Crippen molar-refractivity contribution in [2.45, 2.75) is 49.7 Å². The van der Waals surface area contributed by atoms with E-state index in [-0.39, 0.29) is 5.41 Å². The molecule has 1 amide bonds. The Morgan fingerprint density at radius 1 is 0.789 bits per heavy atom. The quantitative estimate of drug-likeness (QED) is 0.477. The van der Waals surface area contributed by atoms with E-state index in [0.717, 1.165) is 11.1 Å². The summed E-state index contributed by atoms with van der Waals surface area (Å²) in [5.74, 6) is -2.50. The third-order valence-corrected chi connectivity index (χ3v) is 7.23. The molecule has 38 heavy (non-hydrogen) atoms. The fraction of sp³-hybridized carbons (Fsp3) is 0.323. The molecule has 0 aromatic heterocycles. The molecule has 4 atom stereocenters. The van der Waals surface area contributed by atoms with Crippen LogP contribution in [0.25, 0.3) is 0 Å². The van der Waals surface area contributed by atoms with Gasteiger partial charge in [0, 0.05) is 11.5 Å². The molecule has 2 N–H and O–H groups in total. The van der Waals surface area contributed by atoms with E-state index in [0.29, 0.717) is 11.1 Å². The van der Waals surface area contributed by atoms with Crippen LogP contribution in [-0.2, 0) is 24.5 Å². The number of hydrogen-bond acceptors (Lipinski definition) is 6. The van der Waals surface area contributed by atoms with E-state index in [1.807, 2.05) is 60.7 Å². The Morgan fingerprint density at radius 3 is 1.89 bits per heavy atom. The molecule has 0 aliphatic carbocycles. The van der Waals surface area contributed by atoms with Gasteiger partial charge in [-0.1, -0.05) is 93.6 Å². The number of amides is 1. The fourth-order valence-corrected chi connectivity index (χ4v) is 5.30. The van der Waals surface area contributed by atoms with E-state index >= 15 is 0 Å². The molecule has 1 saturated heterocycles. The van der Waals surface area contributed by atoms with Gasteiger partial charge in [-0.3, -0.25) is 14.9 Å². The molecule has 3 aromatic carbocycles. The number of carbonyl (C=O) groups excluding carboxylic acids is 3. The highest BCUT2D eigenvalue weighted by Gasteiger charge is 2.64. The van der Waals surface area contributed by atoms with Crippen molar-refractivity contribution >= 4 is 17.8 Å². The average Bonchev–Trinajstić information content (AvgIpc) is 3.28. The fourth-order valence-electron chi connectivity index (χ4n) is 5.30. The Morgan fingerprint density at radius 2 is 1.37 bits per heavy atom. The van der Waals surface area contributed by atoms with Crippen LogP contribution < -0.4 is 10.6 Å². The first-order valence-electron chi connectivity index (χ1n) is 12.6. The normalized spacial score (nSPS) is 22.9. The average molecular weight is 515 g/mol. The lowest BCUT2D eigenvalue weighted by molar-refractivity contribution is -0.150. The molecule has 7 heteroatoms. The van der Waals surface area contributed by atoms with E-state index in [2.05, 4.69) is 31.4 Å². The van der Waals surface area contributed by atoms with Gasteiger partial charge in [-0.25, -0.2) is 4.79 Å². The van der Waals surface area contributed by atoms with Crippen molar-refractivity contribution in [1.29, 1.82) is 0 Å². The van der Waals surface area contributed by atoms with E-state index in [9.17, 15) is 14.4 Å². The summed E-state index contributed by atoms with van der Waals surface area (Å²) in [5.41, 5.74) is 1.15. The third-order valence-electron chi connectivity index (χ3n) is 7.23. The summed E-state index contributed by atoms with van der Waals surface area (Å²) in [7, 11) is 2.59. The molecule has 3 aromatic rings. The molecule has 4 rings (SSSR count). The van der Waals surface area contributed by atoms with Crippen molar-refractivity contribution < 1.29 is 23.9 Å². The van der Waals surface area contributed by atoms with Crippen LogP contribution in [0.3, 0.4) is 0 Å². The first-order valence-corrected chi connectivity index (χ1v) is 12.6. The van der Waals surface area contributed by atoms with Gasteiger partial charge in [-0.05, 0) is 34.2 Å². The van der Waals surface area contributed by atoms with Crippen LogP contribution in [0.4, 0.5) is 0 Å². The van der Waals surface area contributed by atoms with Crippen molar-refractivity contribution in [3.8, 4) is 0 Å². The molecule has 1 heterocycles. The second kappa shape index (κ2) is 10.8. The molecule has 7 nitrogen and oxygen atoms in total.